The van der Waals surface area contributed by atoms with Crippen molar-refractivity contribution in [3.63, 3.8) is 0 Å². The smallest absolute Gasteiger partial charge is 0.248 e. The van der Waals surface area contributed by atoms with Crippen molar-refractivity contribution in [2.24, 2.45) is 5.73 Å². The highest BCUT2D eigenvalue weighted by Gasteiger charge is 2.04. The third-order valence-corrected chi connectivity index (χ3v) is 2.69. The molecular formula is C12H20N4O. The first-order valence-electron chi connectivity index (χ1n) is 5.66. The van der Waals surface area contributed by atoms with Crippen LogP contribution in [0.25, 0.3) is 0 Å². The van der Waals surface area contributed by atoms with Crippen LogP contribution in [-0.4, -0.2) is 37.5 Å². The molecule has 0 unspecified atom stereocenters. The number of benzene rings is 1. The summed E-state index contributed by atoms with van der Waals surface area (Å²) in [6.07, 6.45) is 0. The van der Waals surface area contributed by atoms with Crippen LogP contribution in [0.4, 0.5) is 11.4 Å². The zero-order chi connectivity index (χ0) is 12.8. The van der Waals surface area contributed by atoms with Crippen LogP contribution in [0.5, 0.6) is 0 Å². The van der Waals surface area contributed by atoms with Crippen molar-refractivity contribution in [1.82, 2.24) is 4.90 Å². The standard InChI is InChI=1S/C12H20N4O/c1-3-16(2)7-6-15-11-8-9(12(14)17)4-5-10(11)13/h4-5,8,15H,3,6-7,13H2,1-2H3,(H2,14,17). The maximum absolute atomic E-state index is 11.0. The average Bonchev–Trinajstić information content (AvgIpc) is 2.30. The van der Waals surface area contributed by atoms with E-state index in [0.717, 1.165) is 25.3 Å². The van der Waals surface area contributed by atoms with Crippen molar-refractivity contribution in [3.8, 4) is 0 Å². The molecule has 94 valence electrons. The normalized spacial score (nSPS) is 10.5. The molecule has 1 aromatic rings. The molecule has 0 aliphatic rings. The second-order valence-corrected chi connectivity index (χ2v) is 3.99. The number of rotatable bonds is 6. The Morgan fingerprint density at radius 2 is 2.18 bits per heavy atom. The molecule has 17 heavy (non-hydrogen) atoms. The number of carbonyl (C=O) groups is 1. The summed E-state index contributed by atoms with van der Waals surface area (Å²) in [5.41, 5.74) is 12.9. The molecule has 0 aliphatic carbocycles. The molecule has 0 aliphatic heterocycles. The van der Waals surface area contributed by atoms with E-state index in [-0.39, 0.29) is 0 Å². The Morgan fingerprint density at radius 1 is 1.47 bits per heavy atom. The summed E-state index contributed by atoms with van der Waals surface area (Å²) in [5, 5.41) is 3.20. The van der Waals surface area contributed by atoms with E-state index in [1.807, 2.05) is 7.05 Å². The van der Waals surface area contributed by atoms with Gasteiger partial charge in [0.15, 0.2) is 0 Å². The highest BCUT2D eigenvalue weighted by atomic mass is 16.1. The summed E-state index contributed by atoms with van der Waals surface area (Å²) in [7, 11) is 2.05. The predicted molar refractivity (Wildman–Crippen MR) is 71.0 cm³/mol. The molecule has 0 atom stereocenters. The van der Waals surface area contributed by atoms with Crippen molar-refractivity contribution in [1.29, 1.82) is 0 Å². The van der Waals surface area contributed by atoms with Gasteiger partial charge in [0.2, 0.25) is 5.91 Å². The third kappa shape index (κ3) is 3.96. The Morgan fingerprint density at radius 3 is 2.76 bits per heavy atom. The van der Waals surface area contributed by atoms with Crippen molar-refractivity contribution >= 4 is 17.3 Å². The maximum atomic E-state index is 11.0. The summed E-state index contributed by atoms with van der Waals surface area (Å²) < 4.78 is 0. The van der Waals surface area contributed by atoms with Crippen LogP contribution in [0.3, 0.4) is 0 Å². The number of nitrogens with one attached hydrogen (secondary N) is 1. The molecule has 0 heterocycles. The van der Waals surface area contributed by atoms with Crippen LogP contribution < -0.4 is 16.8 Å². The molecule has 0 saturated heterocycles. The van der Waals surface area contributed by atoms with Gasteiger partial charge in [0, 0.05) is 18.7 Å². The van der Waals surface area contributed by atoms with Crippen LogP contribution in [0.2, 0.25) is 0 Å². The minimum absolute atomic E-state index is 0.446. The van der Waals surface area contributed by atoms with Crippen LogP contribution >= 0.6 is 0 Å². The van der Waals surface area contributed by atoms with E-state index in [1.165, 1.54) is 0 Å². The van der Waals surface area contributed by atoms with E-state index in [0.29, 0.717) is 11.3 Å². The first-order valence-corrected chi connectivity index (χ1v) is 5.66. The molecule has 0 fully saturated rings. The summed E-state index contributed by atoms with van der Waals surface area (Å²) in [5.74, 6) is -0.446. The number of hydrogen-bond acceptors (Lipinski definition) is 4. The zero-order valence-electron chi connectivity index (χ0n) is 10.4. The number of nitrogen functional groups attached to an aromatic ring is 1. The first kappa shape index (κ1) is 13.3. The second kappa shape index (κ2) is 6.10. The average molecular weight is 236 g/mol. The minimum atomic E-state index is -0.446. The maximum Gasteiger partial charge on any atom is 0.248 e. The number of amides is 1. The molecule has 5 N–H and O–H groups in total. The largest absolute Gasteiger partial charge is 0.397 e. The van der Waals surface area contributed by atoms with Gasteiger partial charge in [-0.25, -0.2) is 0 Å². The molecule has 0 aromatic heterocycles. The van der Waals surface area contributed by atoms with Gasteiger partial charge in [0.05, 0.1) is 11.4 Å². The van der Waals surface area contributed by atoms with Gasteiger partial charge in [0.25, 0.3) is 0 Å². The third-order valence-electron chi connectivity index (χ3n) is 2.69. The van der Waals surface area contributed by atoms with E-state index in [4.69, 9.17) is 11.5 Å². The molecule has 1 rings (SSSR count). The van der Waals surface area contributed by atoms with Crippen LogP contribution in [-0.2, 0) is 0 Å². The topological polar surface area (TPSA) is 84.4 Å². The van der Waals surface area contributed by atoms with E-state index in [2.05, 4.69) is 17.1 Å². The molecule has 0 radical (unpaired) electrons. The second-order valence-electron chi connectivity index (χ2n) is 3.99. The lowest BCUT2D eigenvalue weighted by Crippen LogP contribution is -2.25. The van der Waals surface area contributed by atoms with Gasteiger partial charge in [-0.3, -0.25) is 4.79 Å². The highest BCUT2D eigenvalue weighted by molar-refractivity contribution is 5.94. The minimum Gasteiger partial charge on any atom is -0.397 e. The number of nitrogens with zero attached hydrogens (tertiary/aromatic N) is 1. The van der Waals surface area contributed by atoms with E-state index in [9.17, 15) is 4.79 Å². The first-order chi connectivity index (χ1) is 8.04. The summed E-state index contributed by atoms with van der Waals surface area (Å²) in [6, 6.07) is 5.00. The van der Waals surface area contributed by atoms with Gasteiger partial charge in [-0.1, -0.05) is 6.92 Å². The molecule has 5 heteroatoms. The molecule has 1 amide bonds. The number of carbonyl (C=O) groups excluding carboxylic acids is 1. The van der Waals surface area contributed by atoms with Crippen molar-refractivity contribution < 1.29 is 4.79 Å². The summed E-state index contributed by atoms with van der Waals surface area (Å²) in [6.45, 7) is 4.79. The van der Waals surface area contributed by atoms with E-state index < -0.39 is 5.91 Å². The monoisotopic (exact) mass is 236 g/mol. The number of anilines is 2. The van der Waals surface area contributed by atoms with Gasteiger partial charge >= 0.3 is 0 Å². The molecule has 1 aromatic carbocycles. The Labute approximate surface area is 102 Å². The Bertz CT molecular complexity index is 392. The van der Waals surface area contributed by atoms with Crippen molar-refractivity contribution in [2.45, 2.75) is 6.92 Å². The van der Waals surface area contributed by atoms with Gasteiger partial charge in [-0.05, 0) is 31.8 Å². The van der Waals surface area contributed by atoms with Gasteiger partial charge in [-0.15, -0.1) is 0 Å². The predicted octanol–water partition coefficient (Wildman–Crippen LogP) is 0.731. The van der Waals surface area contributed by atoms with Gasteiger partial charge in [0.1, 0.15) is 0 Å². The fourth-order valence-corrected chi connectivity index (χ4v) is 1.40. The fraction of sp³-hybridized carbons (Fsp3) is 0.417. The number of hydrogen-bond donors (Lipinski definition) is 3. The fourth-order valence-electron chi connectivity index (χ4n) is 1.40. The Hall–Kier alpha value is -1.75. The van der Waals surface area contributed by atoms with E-state index in [1.54, 1.807) is 18.2 Å². The summed E-state index contributed by atoms with van der Waals surface area (Å²) in [4.78, 5) is 13.2. The van der Waals surface area contributed by atoms with Crippen LogP contribution in [0.15, 0.2) is 18.2 Å². The Kier molecular flexibility index (Phi) is 4.78. The van der Waals surface area contributed by atoms with Gasteiger partial charge in [-0.2, -0.15) is 0 Å². The zero-order valence-corrected chi connectivity index (χ0v) is 10.4. The molecule has 5 nitrogen and oxygen atoms in total. The number of primary amides is 1. The number of nitrogens with two attached hydrogens (primary N) is 2. The molecule has 0 spiro atoms. The van der Waals surface area contributed by atoms with Crippen LogP contribution in [0, 0.1) is 0 Å². The molecule has 0 bridgehead atoms. The lowest BCUT2D eigenvalue weighted by Gasteiger charge is -2.15. The van der Waals surface area contributed by atoms with Gasteiger partial charge < -0.3 is 21.7 Å². The quantitative estimate of drug-likeness (QED) is 0.636. The lowest BCUT2D eigenvalue weighted by atomic mass is 10.1. The Balaban J connectivity index is 2.63. The summed E-state index contributed by atoms with van der Waals surface area (Å²) >= 11 is 0. The van der Waals surface area contributed by atoms with E-state index >= 15 is 0 Å². The van der Waals surface area contributed by atoms with Crippen molar-refractivity contribution in [2.75, 3.05) is 37.7 Å². The number of likely N-dealkylation sites (N-methyl/N-ethyl adjacent to an activating group) is 1. The lowest BCUT2D eigenvalue weighted by molar-refractivity contribution is 0.100. The molecular weight excluding hydrogens is 216 g/mol. The molecule has 0 saturated carbocycles. The van der Waals surface area contributed by atoms with Crippen LogP contribution in [0.1, 0.15) is 17.3 Å². The SMILES string of the molecule is CCN(C)CCNc1cc(C(N)=O)ccc1N. The van der Waals surface area contributed by atoms with Crippen molar-refractivity contribution in [3.05, 3.63) is 23.8 Å². The highest BCUT2D eigenvalue weighted by Crippen LogP contribution is 2.19.